The molecule has 0 atom stereocenters. The van der Waals surface area contributed by atoms with Gasteiger partial charge in [0.1, 0.15) is 0 Å². The molecule has 0 aromatic carbocycles. The second kappa shape index (κ2) is 5.16. The molecule has 0 aliphatic rings. The fourth-order valence-corrected chi connectivity index (χ4v) is 9.56. The molecule has 6 heteroatoms. The molecule has 0 aromatic rings. The van der Waals surface area contributed by atoms with E-state index in [4.69, 9.17) is 13.3 Å². The Morgan fingerprint density at radius 2 is 1.42 bits per heavy atom. The van der Waals surface area contributed by atoms with Gasteiger partial charge in [0.2, 0.25) is 0 Å². The van der Waals surface area contributed by atoms with Gasteiger partial charge < -0.3 is 13.3 Å². The van der Waals surface area contributed by atoms with Crippen LogP contribution in [0.15, 0.2) is 0 Å². The number of halogens is 1. The summed E-state index contributed by atoms with van der Waals surface area (Å²) < 4.78 is 16.0. The van der Waals surface area contributed by atoms with Crippen molar-refractivity contribution in [3.8, 4) is 0 Å². The van der Waals surface area contributed by atoms with Gasteiger partial charge in [0, 0.05) is 21.3 Å². The standard InChI is InChI=1S/C6H17IO3SSi/c1-8-12(9-2,10-3)6-11(4,5)7/h6H2,1-5H3. The summed E-state index contributed by atoms with van der Waals surface area (Å²) in [5, 5.41) is 0.907. The second-order valence-corrected chi connectivity index (χ2v) is 16.5. The van der Waals surface area contributed by atoms with E-state index in [1.165, 1.54) is 0 Å². The molecule has 0 saturated carbocycles. The van der Waals surface area contributed by atoms with E-state index in [1.54, 1.807) is 21.3 Å². The summed E-state index contributed by atoms with van der Waals surface area (Å²) in [5.41, 5.74) is 0. The van der Waals surface area contributed by atoms with E-state index in [9.17, 15) is 0 Å². The highest BCUT2D eigenvalue weighted by molar-refractivity contribution is 14.2. The monoisotopic (exact) mass is 324 g/mol. The van der Waals surface area contributed by atoms with Crippen molar-refractivity contribution in [1.82, 2.24) is 0 Å². The third-order valence-electron chi connectivity index (χ3n) is 1.45. The van der Waals surface area contributed by atoms with Crippen LogP contribution in [-0.4, -0.2) is 48.0 Å². The predicted molar refractivity (Wildman–Crippen MR) is 65.1 cm³/mol. The van der Waals surface area contributed by atoms with Crippen molar-refractivity contribution >= 4 is 37.2 Å². The van der Waals surface area contributed by atoms with Crippen molar-refractivity contribution in [3.63, 3.8) is 0 Å². The van der Waals surface area contributed by atoms with Gasteiger partial charge in [-0.1, -0.05) is 0 Å². The minimum atomic E-state index is -2.32. The van der Waals surface area contributed by atoms with E-state index in [0.29, 0.717) is 0 Å². The van der Waals surface area contributed by atoms with Gasteiger partial charge in [0.25, 0.3) is 0 Å². The average Bonchev–Trinajstić information content (AvgIpc) is 1.99. The van der Waals surface area contributed by atoms with Crippen LogP contribution < -0.4 is 0 Å². The highest BCUT2D eigenvalue weighted by atomic mass is 127. The summed E-state index contributed by atoms with van der Waals surface area (Å²) in [6, 6.07) is 0. The van der Waals surface area contributed by atoms with Gasteiger partial charge in [0.05, 0.1) is 5.38 Å². The molecule has 76 valence electrons. The summed E-state index contributed by atoms with van der Waals surface area (Å²) in [6.45, 7) is 0. The van der Waals surface area contributed by atoms with Crippen LogP contribution in [0.25, 0.3) is 0 Å². The van der Waals surface area contributed by atoms with Crippen LogP contribution in [0.1, 0.15) is 0 Å². The highest BCUT2D eigenvalue weighted by Gasteiger charge is 2.41. The molecule has 0 fully saturated rings. The molecule has 0 heterocycles. The molecule has 0 saturated heterocycles. The molecule has 0 radical (unpaired) electrons. The largest absolute Gasteiger partial charge is 0.509 e. The number of hydrogen-bond acceptors (Lipinski definition) is 3. The molecule has 0 aliphatic heterocycles. The zero-order valence-corrected chi connectivity index (χ0v) is 12.2. The average molecular weight is 324 g/mol. The molecule has 0 bridgehead atoms. The molecule has 0 aliphatic carbocycles. The lowest BCUT2D eigenvalue weighted by atomic mass is 11.8. The van der Waals surface area contributed by atoms with Crippen LogP contribution in [0.4, 0.5) is 0 Å². The Kier molecular flexibility index (Phi) is 5.66. The van der Waals surface area contributed by atoms with Crippen LogP contribution in [0.2, 0.25) is 0 Å². The predicted octanol–water partition coefficient (Wildman–Crippen LogP) is 1.82. The molecule has 0 N–H and O–H groups in total. The molecular weight excluding hydrogens is 307 g/mol. The van der Waals surface area contributed by atoms with Gasteiger partial charge in [0.15, 0.2) is 0 Å². The van der Waals surface area contributed by atoms with Crippen LogP contribution in [0, 0.1) is 0 Å². The maximum Gasteiger partial charge on any atom is 0.509 e. The van der Waals surface area contributed by atoms with Gasteiger partial charge in [-0.2, -0.15) is 7.20 Å². The first kappa shape index (κ1) is 13.2. The topological polar surface area (TPSA) is 27.7 Å². The molecule has 0 spiro atoms. The van der Waals surface area contributed by atoms with Crippen LogP contribution >= 0.6 is 28.4 Å². The second-order valence-electron chi connectivity index (χ2n) is 2.84. The molecule has 0 amide bonds. The molecule has 0 unspecified atom stereocenters. The molecule has 0 aromatic heterocycles. The lowest BCUT2D eigenvalue weighted by Gasteiger charge is -2.32. The highest BCUT2D eigenvalue weighted by Crippen LogP contribution is 2.50. The Bertz CT molecular complexity index is 127. The van der Waals surface area contributed by atoms with Crippen molar-refractivity contribution < 1.29 is 13.3 Å². The first-order chi connectivity index (χ1) is 5.39. The first-order valence-electron chi connectivity index (χ1n) is 3.45. The van der Waals surface area contributed by atoms with Crippen LogP contribution in [-0.2, 0) is 13.3 Å². The molecule has 12 heavy (non-hydrogen) atoms. The SMILES string of the molecule is CO[Si](CS(C)(C)I)(OC)OC. The summed E-state index contributed by atoms with van der Waals surface area (Å²) in [5.74, 6) is 0. The molecule has 0 rings (SSSR count). The van der Waals surface area contributed by atoms with E-state index >= 15 is 0 Å². The minimum Gasteiger partial charge on any atom is -0.376 e. The van der Waals surface area contributed by atoms with Crippen LogP contribution in [0.3, 0.4) is 0 Å². The van der Waals surface area contributed by atoms with Gasteiger partial charge in [-0.15, -0.1) is 0 Å². The summed E-state index contributed by atoms with van der Waals surface area (Å²) in [4.78, 5) is 0. The van der Waals surface area contributed by atoms with Gasteiger partial charge >= 0.3 is 8.80 Å². The fraction of sp³-hybridized carbons (Fsp3) is 1.00. The van der Waals surface area contributed by atoms with E-state index in [0.717, 1.165) is 5.38 Å². The Morgan fingerprint density at radius 3 is 1.50 bits per heavy atom. The van der Waals surface area contributed by atoms with E-state index in [-0.39, 0.29) is 0 Å². The van der Waals surface area contributed by atoms with Crippen molar-refractivity contribution in [2.75, 3.05) is 39.2 Å². The zero-order valence-electron chi connectivity index (χ0n) is 8.22. The lowest BCUT2D eigenvalue weighted by molar-refractivity contribution is 0.130. The normalized spacial score (nSPS) is 14.8. The third kappa shape index (κ3) is 4.42. The van der Waals surface area contributed by atoms with Gasteiger partial charge in [-0.25, -0.2) is 0 Å². The van der Waals surface area contributed by atoms with Crippen molar-refractivity contribution in [1.29, 1.82) is 0 Å². The summed E-state index contributed by atoms with van der Waals surface area (Å²) in [7, 11) is 1.98. The summed E-state index contributed by atoms with van der Waals surface area (Å²) >= 11 is 2.45. The fourth-order valence-electron chi connectivity index (χ4n) is 0.847. The Labute approximate surface area is 89.4 Å². The molecular formula is C6H17IO3SSi. The zero-order chi connectivity index (χ0) is 9.83. The van der Waals surface area contributed by atoms with E-state index < -0.39 is 16.0 Å². The Balaban J connectivity index is 4.30. The van der Waals surface area contributed by atoms with Crippen molar-refractivity contribution in [2.45, 2.75) is 0 Å². The maximum atomic E-state index is 5.32. The molecule has 3 nitrogen and oxygen atoms in total. The van der Waals surface area contributed by atoms with Crippen LogP contribution in [0.5, 0.6) is 0 Å². The smallest absolute Gasteiger partial charge is 0.376 e. The third-order valence-corrected chi connectivity index (χ3v) is 10.3. The van der Waals surface area contributed by atoms with Crippen molar-refractivity contribution in [2.24, 2.45) is 0 Å². The number of rotatable bonds is 5. The quantitative estimate of drug-likeness (QED) is 0.570. The van der Waals surface area contributed by atoms with Gasteiger partial charge in [-0.3, -0.25) is 0 Å². The maximum absolute atomic E-state index is 5.32. The minimum absolute atomic E-state index is 0.661. The van der Waals surface area contributed by atoms with Crippen molar-refractivity contribution in [3.05, 3.63) is 0 Å². The van der Waals surface area contributed by atoms with E-state index in [2.05, 4.69) is 33.7 Å². The van der Waals surface area contributed by atoms with Gasteiger partial charge in [-0.05, 0) is 33.7 Å². The summed E-state index contributed by atoms with van der Waals surface area (Å²) in [6.07, 6.45) is 4.43. The Hall–Kier alpha value is 1.18. The lowest BCUT2D eigenvalue weighted by Crippen LogP contribution is -2.47. The number of hydrogen-bond donors (Lipinski definition) is 0. The van der Waals surface area contributed by atoms with E-state index in [1.807, 2.05) is 0 Å². The Morgan fingerprint density at radius 1 is 1.08 bits per heavy atom. The first-order valence-corrected chi connectivity index (χ1v) is 10.5.